The summed E-state index contributed by atoms with van der Waals surface area (Å²) in [5, 5.41) is 0.684. The third-order valence-corrected chi connectivity index (χ3v) is 5.39. The monoisotopic (exact) mass is 348 g/mol. The number of amides is 2. The van der Waals surface area contributed by atoms with Gasteiger partial charge in [-0.05, 0) is 49.8 Å². The number of hydrogen-bond donors (Lipinski definition) is 0. The van der Waals surface area contributed by atoms with Crippen LogP contribution in [0.25, 0.3) is 0 Å². The second-order valence-electron chi connectivity index (χ2n) is 6.84. The minimum absolute atomic E-state index is 0.0997. The number of piperidine rings is 2. The van der Waals surface area contributed by atoms with Gasteiger partial charge in [-0.2, -0.15) is 0 Å². The first-order valence-corrected chi connectivity index (χ1v) is 9.32. The number of rotatable bonds is 3. The van der Waals surface area contributed by atoms with Gasteiger partial charge < -0.3 is 9.80 Å². The van der Waals surface area contributed by atoms with E-state index in [-0.39, 0.29) is 11.8 Å². The summed E-state index contributed by atoms with van der Waals surface area (Å²) in [7, 11) is 0. The summed E-state index contributed by atoms with van der Waals surface area (Å²) in [6.07, 6.45) is 5.49. The van der Waals surface area contributed by atoms with E-state index in [4.69, 9.17) is 11.6 Å². The fraction of sp³-hybridized carbons (Fsp3) is 0.579. The molecule has 2 heterocycles. The van der Waals surface area contributed by atoms with Gasteiger partial charge in [0, 0.05) is 37.1 Å². The molecule has 0 bridgehead atoms. The Kier molecular flexibility index (Phi) is 5.77. The van der Waals surface area contributed by atoms with Gasteiger partial charge in [0.15, 0.2) is 0 Å². The fourth-order valence-electron chi connectivity index (χ4n) is 3.64. The third-order valence-electron chi connectivity index (χ3n) is 5.13. The summed E-state index contributed by atoms with van der Waals surface area (Å²) in [5.74, 6) is 0.545. The number of nitrogens with zero attached hydrogens (tertiary/aromatic N) is 2. The van der Waals surface area contributed by atoms with Gasteiger partial charge in [0.2, 0.25) is 11.8 Å². The quantitative estimate of drug-likeness (QED) is 0.842. The van der Waals surface area contributed by atoms with E-state index in [1.165, 1.54) is 6.42 Å². The van der Waals surface area contributed by atoms with Crippen LogP contribution in [0.5, 0.6) is 0 Å². The molecule has 2 aliphatic rings. The minimum atomic E-state index is 0.0997. The predicted molar refractivity (Wildman–Crippen MR) is 94.9 cm³/mol. The van der Waals surface area contributed by atoms with Crippen molar-refractivity contribution in [1.29, 1.82) is 0 Å². The second-order valence-corrected chi connectivity index (χ2v) is 7.28. The lowest BCUT2D eigenvalue weighted by molar-refractivity contribution is -0.141. The van der Waals surface area contributed by atoms with Crippen molar-refractivity contribution in [3.05, 3.63) is 34.9 Å². The molecule has 0 saturated carbocycles. The number of hydrogen-bond acceptors (Lipinski definition) is 2. The van der Waals surface area contributed by atoms with Crippen molar-refractivity contribution in [2.24, 2.45) is 5.92 Å². The molecule has 1 aromatic carbocycles. The molecule has 0 N–H and O–H groups in total. The van der Waals surface area contributed by atoms with Crippen LogP contribution >= 0.6 is 11.6 Å². The SMILES string of the molecule is O=C(Cc1ccc(Cl)cc1)N1CCC(C(=O)N2CCCCC2)CC1. The third kappa shape index (κ3) is 4.29. The van der Waals surface area contributed by atoms with Crippen LogP contribution in [-0.4, -0.2) is 47.8 Å². The normalized spacial score (nSPS) is 19.4. The van der Waals surface area contributed by atoms with Crippen molar-refractivity contribution in [2.45, 2.75) is 38.5 Å². The van der Waals surface area contributed by atoms with Crippen LogP contribution < -0.4 is 0 Å². The smallest absolute Gasteiger partial charge is 0.226 e. The van der Waals surface area contributed by atoms with E-state index in [0.29, 0.717) is 30.4 Å². The van der Waals surface area contributed by atoms with Gasteiger partial charge in [-0.3, -0.25) is 9.59 Å². The number of carbonyl (C=O) groups is 2. The highest BCUT2D eigenvalue weighted by molar-refractivity contribution is 6.30. The fourth-order valence-corrected chi connectivity index (χ4v) is 3.76. The Balaban J connectivity index is 1.48. The first-order chi connectivity index (χ1) is 11.6. The van der Waals surface area contributed by atoms with Gasteiger partial charge in [0.05, 0.1) is 6.42 Å². The van der Waals surface area contributed by atoms with Crippen LogP contribution in [0.2, 0.25) is 5.02 Å². The van der Waals surface area contributed by atoms with Gasteiger partial charge in [0.1, 0.15) is 0 Å². The van der Waals surface area contributed by atoms with Gasteiger partial charge in [0.25, 0.3) is 0 Å². The van der Waals surface area contributed by atoms with Crippen molar-refractivity contribution in [2.75, 3.05) is 26.2 Å². The molecule has 1 aromatic rings. The van der Waals surface area contributed by atoms with E-state index in [1.807, 2.05) is 34.1 Å². The maximum absolute atomic E-state index is 12.6. The summed E-state index contributed by atoms with van der Waals surface area (Å²) in [4.78, 5) is 28.9. The van der Waals surface area contributed by atoms with Crippen LogP contribution in [-0.2, 0) is 16.0 Å². The molecule has 3 rings (SSSR count). The minimum Gasteiger partial charge on any atom is -0.342 e. The molecule has 130 valence electrons. The average Bonchev–Trinajstić information content (AvgIpc) is 2.64. The summed E-state index contributed by atoms with van der Waals surface area (Å²) in [5.41, 5.74) is 0.982. The molecule has 0 unspecified atom stereocenters. The molecule has 0 radical (unpaired) electrons. The molecule has 2 fully saturated rings. The van der Waals surface area contributed by atoms with E-state index in [1.54, 1.807) is 0 Å². The first-order valence-electron chi connectivity index (χ1n) is 8.94. The summed E-state index contributed by atoms with van der Waals surface area (Å²) >= 11 is 5.88. The second kappa shape index (κ2) is 8.02. The molecule has 2 amide bonds. The van der Waals surface area contributed by atoms with Crippen LogP contribution in [0.1, 0.15) is 37.7 Å². The Hall–Kier alpha value is -1.55. The molecule has 2 saturated heterocycles. The Morgan fingerprint density at radius 1 is 0.917 bits per heavy atom. The molecule has 0 aromatic heterocycles. The van der Waals surface area contributed by atoms with Crippen LogP contribution in [0, 0.1) is 5.92 Å². The van der Waals surface area contributed by atoms with E-state index in [9.17, 15) is 9.59 Å². The van der Waals surface area contributed by atoms with Crippen LogP contribution in [0.3, 0.4) is 0 Å². The summed E-state index contributed by atoms with van der Waals surface area (Å²) < 4.78 is 0. The first kappa shape index (κ1) is 17.3. The molecule has 0 aliphatic carbocycles. The molecule has 24 heavy (non-hydrogen) atoms. The number of carbonyl (C=O) groups excluding carboxylic acids is 2. The van der Waals surface area contributed by atoms with Gasteiger partial charge in [-0.15, -0.1) is 0 Å². The van der Waals surface area contributed by atoms with Gasteiger partial charge in [-0.1, -0.05) is 23.7 Å². The maximum Gasteiger partial charge on any atom is 0.226 e. The van der Waals surface area contributed by atoms with Crippen LogP contribution in [0.15, 0.2) is 24.3 Å². The standard InChI is InChI=1S/C19H25ClN2O2/c20-17-6-4-15(5-7-17)14-18(23)21-12-8-16(9-13-21)19(24)22-10-2-1-3-11-22/h4-7,16H,1-3,8-14H2. The van der Waals surface area contributed by atoms with E-state index in [2.05, 4.69) is 0 Å². The predicted octanol–water partition coefficient (Wildman–Crippen LogP) is 3.13. The Morgan fingerprint density at radius 2 is 1.54 bits per heavy atom. The summed E-state index contributed by atoms with van der Waals surface area (Å²) in [6.45, 7) is 3.20. The lowest BCUT2D eigenvalue weighted by atomic mass is 9.94. The molecule has 0 spiro atoms. The highest BCUT2D eigenvalue weighted by Crippen LogP contribution is 2.22. The highest BCUT2D eigenvalue weighted by atomic mass is 35.5. The molecule has 5 heteroatoms. The number of benzene rings is 1. The highest BCUT2D eigenvalue weighted by Gasteiger charge is 2.30. The van der Waals surface area contributed by atoms with E-state index in [0.717, 1.165) is 44.3 Å². The molecular weight excluding hydrogens is 324 g/mol. The van der Waals surface area contributed by atoms with Crippen molar-refractivity contribution < 1.29 is 9.59 Å². The molecule has 2 aliphatic heterocycles. The molecular formula is C19H25ClN2O2. The topological polar surface area (TPSA) is 40.6 Å². The van der Waals surface area contributed by atoms with E-state index >= 15 is 0 Å². The zero-order valence-corrected chi connectivity index (χ0v) is 14.8. The van der Waals surface area contributed by atoms with E-state index < -0.39 is 0 Å². The summed E-state index contributed by atoms with van der Waals surface area (Å²) in [6, 6.07) is 7.42. The Bertz CT molecular complexity index is 574. The Morgan fingerprint density at radius 3 is 2.17 bits per heavy atom. The molecule has 0 atom stereocenters. The van der Waals surface area contributed by atoms with Gasteiger partial charge >= 0.3 is 0 Å². The average molecular weight is 349 g/mol. The van der Waals surface area contributed by atoms with Crippen LogP contribution in [0.4, 0.5) is 0 Å². The number of likely N-dealkylation sites (tertiary alicyclic amines) is 2. The van der Waals surface area contributed by atoms with Crippen molar-refractivity contribution in [3.8, 4) is 0 Å². The lowest BCUT2D eigenvalue weighted by Gasteiger charge is -2.35. The maximum atomic E-state index is 12.6. The number of halogens is 1. The zero-order chi connectivity index (χ0) is 16.9. The van der Waals surface area contributed by atoms with Gasteiger partial charge in [-0.25, -0.2) is 0 Å². The Labute approximate surface area is 148 Å². The lowest BCUT2D eigenvalue weighted by Crippen LogP contribution is -2.46. The largest absolute Gasteiger partial charge is 0.342 e. The van der Waals surface area contributed by atoms with Crippen molar-refractivity contribution in [1.82, 2.24) is 9.80 Å². The van der Waals surface area contributed by atoms with Crippen molar-refractivity contribution in [3.63, 3.8) is 0 Å². The zero-order valence-electron chi connectivity index (χ0n) is 14.0. The molecule has 4 nitrogen and oxygen atoms in total. The van der Waals surface area contributed by atoms with Crippen molar-refractivity contribution >= 4 is 23.4 Å².